The second-order valence-electron chi connectivity index (χ2n) is 2.25. The van der Waals surface area contributed by atoms with Crippen LogP contribution in [-0.2, 0) is 0 Å². The van der Waals surface area contributed by atoms with Crippen molar-refractivity contribution in [2.24, 2.45) is 0 Å². The van der Waals surface area contributed by atoms with E-state index in [4.69, 9.17) is 10.5 Å². The molecule has 0 spiro atoms. The Morgan fingerprint density at radius 2 is 2.25 bits per heavy atom. The Morgan fingerprint density at radius 1 is 1.58 bits per heavy atom. The Bertz CT molecular complexity index is 267. The van der Waals surface area contributed by atoms with Gasteiger partial charge < -0.3 is 10.5 Å². The second kappa shape index (κ2) is 3.76. The largest absolute Gasteiger partial charge is 0.490 e. The Kier molecular flexibility index (Phi) is 2.92. The minimum Gasteiger partial charge on any atom is -0.490 e. The number of nitrogen functional groups attached to an aromatic ring is 1. The van der Waals surface area contributed by atoms with E-state index in [2.05, 4.69) is 15.9 Å². The van der Waals surface area contributed by atoms with Crippen molar-refractivity contribution in [2.45, 2.75) is 6.92 Å². The molecular weight excluding hydrogens is 225 g/mol. The Hall–Kier alpha value is -0.770. The van der Waals surface area contributed by atoms with Crippen molar-refractivity contribution in [3.63, 3.8) is 0 Å². The molecule has 0 unspecified atom stereocenters. The third kappa shape index (κ3) is 1.88. The Labute approximate surface area is 78.6 Å². The molecule has 0 aliphatic heterocycles. The van der Waals surface area contributed by atoms with Gasteiger partial charge in [0.2, 0.25) is 0 Å². The average molecular weight is 234 g/mol. The summed E-state index contributed by atoms with van der Waals surface area (Å²) >= 11 is 3.15. The van der Waals surface area contributed by atoms with E-state index in [-0.39, 0.29) is 5.75 Å². The van der Waals surface area contributed by atoms with Gasteiger partial charge in [-0.25, -0.2) is 4.39 Å². The molecule has 66 valence electrons. The van der Waals surface area contributed by atoms with Gasteiger partial charge in [0.25, 0.3) is 0 Å². The van der Waals surface area contributed by atoms with Crippen LogP contribution in [0.25, 0.3) is 0 Å². The zero-order valence-corrected chi connectivity index (χ0v) is 8.19. The minimum absolute atomic E-state index is 0.215. The first kappa shape index (κ1) is 9.32. The number of ether oxygens (including phenoxy) is 1. The summed E-state index contributed by atoms with van der Waals surface area (Å²) in [6.07, 6.45) is 0. The van der Waals surface area contributed by atoms with Crippen LogP contribution in [0, 0.1) is 5.82 Å². The van der Waals surface area contributed by atoms with Gasteiger partial charge in [0, 0.05) is 11.8 Å². The quantitative estimate of drug-likeness (QED) is 0.798. The molecule has 0 saturated heterocycles. The fourth-order valence-corrected chi connectivity index (χ4v) is 1.43. The number of nitrogens with two attached hydrogens (primary N) is 1. The molecule has 0 fully saturated rings. The van der Waals surface area contributed by atoms with Gasteiger partial charge in [-0.15, -0.1) is 0 Å². The number of anilines is 1. The third-order valence-corrected chi connectivity index (χ3v) is 1.90. The molecule has 0 radical (unpaired) electrons. The number of halogens is 2. The van der Waals surface area contributed by atoms with Crippen molar-refractivity contribution in [3.8, 4) is 5.75 Å². The predicted octanol–water partition coefficient (Wildman–Crippen LogP) is 2.57. The van der Waals surface area contributed by atoms with Crippen LogP contribution >= 0.6 is 15.9 Å². The molecule has 0 amide bonds. The summed E-state index contributed by atoms with van der Waals surface area (Å²) in [6.45, 7) is 2.22. The van der Waals surface area contributed by atoms with E-state index in [0.717, 1.165) is 0 Å². The highest BCUT2D eigenvalue weighted by Crippen LogP contribution is 2.30. The first-order valence-corrected chi connectivity index (χ1v) is 4.31. The van der Waals surface area contributed by atoms with Gasteiger partial charge in [-0.2, -0.15) is 0 Å². The summed E-state index contributed by atoms with van der Waals surface area (Å²) in [5.41, 5.74) is 5.78. The van der Waals surface area contributed by atoms with Crippen molar-refractivity contribution >= 4 is 21.6 Å². The lowest BCUT2D eigenvalue weighted by molar-refractivity contribution is 0.319. The molecule has 0 bridgehead atoms. The number of hydrogen-bond donors (Lipinski definition) is 1. The lowest BCUT2D eigenvalue weighted by Crippen LogP contribution is -1.97. The molecule has 2 N–H and O–H groups in total. The topological polar surface area (TPSA) is 35.2 Å². The minimum atomic E-state index is -0.441. The predicted molar refractivity (Wildman–Crippen MR) is 49.7 cm³/mol. The van der Waals surface area contributed by atoms with Gasteiger partial charge in [-0.05, 0) is 28.9 Å². The highest BCUT2D eigenvalue weighted by atomic mass is 79.9. The first-order valence-electron chi connectivity index (χ1n) is 3.52. The van der Waals surface area contributed by atoms with Crippen molar-refractivity contribution in [1.29, 1.82) is 0 Å². The average Bonchev–Trinajstić information content (AvgIpc) is 1.96. The lowest BCUT2D eigenvalue weighted by Gasteiger charge is -2.07. The summed E-state index contributed by atoms with van der Waals surface area (Å²) in [5.74, 6) is -0.226. The maximum atomic E-state index is 13.1. The van der Waals surface area contributed by atoms with E-state index in [1.807, 2.05) is 0 Å². The van der Waals surface area contributed by atoms with E-state index < -0.39 is 5.82 Å². The second-order valence-corrected chi connectivity index (χ2v) is 3.10. The van der Waals surface area contributed by atoms with Crippen LogP contribution in [-0.4, -0.2) is 6.61 Å². The number of rotatable bonds is 2. The maximum absolute atomic E-state index is 13.1. The molecule has 0 aliphatic rings. The van der Waals surface area contributed by atoms with Crippen LogP contribution in [0.1, 0.15) is 6.92 Å². The molecule has 4 heteroatoms. The molecule has 1 aromatic carbocycles. The van der Waals surface area contributed by atoms with Gasteiger partial charge in [-0.1, -0.05) is 0 Å². The van der Waals surface area contributed by atoms with E-state index in [0.29, 0.717) is 16.8 Å². The normalized spacial score (nSPS) is 9.92. The van der Waals surface area contributed by atoms with Gasteiger partial charge >= 0.3 is 0 Å². The molecule has 0 heterocycles. The molecule has 0 saturated carbocycles. The van der Waals surface area contributed by atoms with Crippen LogP contribution < -0.4 is 10.5 Å². The van der Waals surface area contributed by atoms with Gasteiger partial charge in [0.15, 0.2) is 11.6 Å². The lowest BCUT2D eigenvalue weighted by atomic mass is 10.3. The standard InChI is InChI=1S/C8H9BrFNO/c1-2-12-8-6(9)3-5(11)4-7(8)10/h3-4H,2,11H2,1H3. The van der Waals surface area contributed by atoms with Crippen molar-refractivity contribution < 1.29 is 9.13 Å². The first-order chi connectivity index (χ1) is 5.65. The van der Waals surface area contributed by atoms with Crippen LogP contribution in [0.3, 0.4) is 0 Å². The monoisotopic (exact) mass is 233 g/mol. The summed E-state index contributed by atoms with van der Waals surface area (Å²) in [6, 6.07) is 2.84. The van der Waals surface area contributed by atoms with Crippen LogP contribution in [0.15, 0.2) is 16.6 Å². The SMILES string of the molecule is CCOc1c(F)cc(N)cc1Br. The highest BCUT2D eigenvalue weighted by molar-refractivity contribution is 9.10. The third-order valence-electron chi connectivity index (χ3n) is 1.31. The van der Waals surface area contributed by atoms with E-state index in [1.54, 1.807) is 13.0 Å². The molecule has 2 nitrogen and oxygen atoms in total. The van der Waals surface area contributed by atoms with Gasteiger partial charge in [0.05, 0.1) is 11.1 Å². The Morgan fingerprint density at radius 3 is 2.75 bits per heavy atom. The fraction of sp³-hybridized carbons (Fsp3) is 0.250. The van der Waals surface area contributed by atoms with Crippen LogP contribution in [0.4, 0.5) is 10.1 Å². The zero-order valence-electron chi connectivity index (χ0n) is 6.60. The van der Waals surface area contributed by atoms with Crippen molar-refractivity contribution in [2.75, 3.05) is 12.3 Å². The summed E-state index contributed by atoms with van der Waals surface area (Å²) in [4.78, 5) is 0. The molecule has 0 aromatic heterocycles. The molecule has 12 heavy (non-hydrogen) atoms. The molecule has 1 rings (SSSR count). The molecule has 1 aromatic rings. The Balaban J connectivity index is 3.10. The zero-order chi connectivity index (χ0) is 9.14. The van der Waals surface area contributed by atoms with Crippen LogP contribution in [0.2, 0.25) is 0 Å². The fourth-order valence-electron chi connectivity index (χ4n) is 0.862. The maximum Gasteiger partial charge on any atom is 0.169 e. The number of hydrogen-bond acceptors (Lipinski definition) is 2. The smallest absolute Gasteiger partial charge is 0.169 e. The van der Waals surface area contributed by atoms with E-state index in [1.165, 1.54) is 6.07 Å². The van der Waals surface area contributed by atoms with E-state index >= 15 is 0 Å². The number of benzene rings is 1. The van der Waals surface area contributed by atoms with Crippen molar-refractivity contribution in [3.05, 3.63) is 22.4 Å². The molecule has 0 atom stereocenters. The van der Waals surface area contributed by atoms with E-state index in [9.17, 15) is 4.39 Å². The summed E-state index contributed by atoms with van der Waals surface area (Å²) < 4.78 is 18.7. The van der Waals surface area contributed by atoms with Crippen LogP contribution in [0.5, 0.6) is 5.75 Å². The molecule has 0 aliphatic carbocycles. The van der Waals surface area contributed by atoms with Crippen molar-refractivity contribution in [1.82, 2.24) is 0 Å². The summed E-state index contributed by atoms with van der Waals surface area (Å²) in [7, 11) is 0. The highest BCUT2D eigenvalue weighted by Gasteiger charge is 2.08. The van der Waals surface area contributed by atoms with Gasteiger partial charge in [-0.3, -0.25) is 0 Å². The molecular formula is C8H9BrFNO. The summed E-state index contributed by atoms with van der Waals surface area (Å²) in [5, 5.41) is 0. The van der Waals surface area contributed by atoms with Gasteiger partial charge in [0.1, 0.15) is 0 Å².